The lowest BCUT2D eigenvalue weighted by Crippen LogP contribution is -2.78. The van der Waals surface area contributed by atoms with Crippen molar-refractivity contribution in [3.8, 4) is 0 Å². The fraction of sp³-hybridized carbons (Fsp3) is 1.00. The van der Waals surface area contributed by atoms with Gasteiger partial charge in [0.1, 0.15) is 0 Å². The molecule has 0 spiro atoms. The van der Waals surface area contributed by atoms with Crippen LogP contribution in [0.1, 0.15) is 0 Å². The number of hydrogen-bond donors (Lipinski definition) is 0. The molecule has 2 radical (unpaired) electrons. The summed E-state index contributed by atoms with van der Waals surface area (Å²) in [7, 11) is 1.21. The van der Waals surface area contributed by atoms with Gasteiger partial charge in [0, 0.05) is 9.24 Å². The second-order valence-electron chi connectivity index (χ2n) is 6.78. The Bertz CT molecular complexity index is 798. The predicted octanol–water partition coefficient (Wildman–Crippen LogP) is 8.91. The highest BCUT2D eigenvalue weighted by molar-refractivity contribution is 7.18. The van der Waals surface area contributed by atoms with Gasteiger partial charge in [-0.2, -0.15) is 110 Å². The van der Waals surface area contributed by atoms with Crippen LogP contribution in [0.5, 0.6) is 0 Å². The molecule has 0 aliphatic carbocycles. The maximum atomic E-state index is 13.4. The monoisotopic (exact) mass is 650 g/mol. The zero-order valence-electron chi connectivity index (χ0n) is 15.9. The first-order valence-corrected chi connectivity index (χ1v) is 8.15. The molecule has 0 bridgehead atoms. The summed E-state index contributed by atoms with van der Waals surface area (Å²) in [5.41, 5.74) is -6.99. The van der Waals surface area contributed by atoms with E-state index >= 15 is 0 Å². The Balaban J connectivity index is 7.29. The lowest BCUT2D eigenvalue weighted by atomic mass is 9.85. The molecule has 0 atom stereocenters. The number of hydrogen-bond acceptors (Lipinski definition) is 0. The van der Waals surface area contributed by atoms with Gasteiger partial charge in [0.05, 0.1) is 0 Å². The molecule has 0 rings (SSSR count). The molecule has 0 aromatic carbocycles. The van der Waals surface area contributed by atoms with Crippen LogP contribution in [0.25, 0.3) is 0 Å². The second-order valence-corrected chi connectivity index (χ2v) is 7.34. The Morgan fingerprint density at radius 3 is 0.474 bits per heavy atom. The Morgan fingerprint density at radius 1 is 0.211 bits per heavy atom. The standard InChI is InChI=1S/C12F25P/c13-1(14,3(17,18)5(21,22)7(25,26)9(29,30)11(33,34)35)2(15,16)4(19,20)6(23,24)8(27,28)10(31,32)12(36,37)38. The first-order valence-electron chi connectivity index (χ1n) is 7.70. The fourth-order valence-corrected chi connectivity index (χ4v) is 2.08. The first kappa shape index (κ1) is 36.7. The van der Waals surface area contributed by atoms with E-state index in [-0.39, 0.29) is 0 Å². The van der Waals surface area contributed by atoms with Crippen molar-refractivity contribution in [2.24, 2.45) is 0 Å². The second kappa shape index (κ2) is 8.59. The zero-order valence-corrected chi connectivity index (χ0v) is 16.8. The van der Waals surface area contributed by atoms with Crippen LogP contribution in [-0.2, 0) is 0 Å². The van der Waals surface area contributed by atoms with Gasteiger partial charge in [-0.3, -0.25) is 0 Å². The predicted molar refractivity (Wildman–Crippen MR) is 67.4 cm³/mol. The number of alkyl halides is 25. The van der Waals surface area contributed by atoms with Crippen LogP contribution in [0.2, 0.25) is 0 Å². The molecule has 0 aliphatic rings. The van der Waals surface area contributed by atoms with Gasteiger partial charge in [0.2, 0.25) is 0 Å². The summed E-state index contributed by atoms with van der Waals surface area (Å²) >= 11 is 0. The Morgan fingerprint density at radius 2 is 0.342 bits per heavy atom. The molecular weight excluding hydrogens is 650 g/mol. The first-order chi connectivity index (χ1) is 15.8. The molecule has 0 amide bonds. The molecular formula is C12F25P. The highest BCUT2D eigenvalue weighted by atomic mass is 31.0. The van der Waals surface area contributed by atoms with Crippen molar-refractivity contribution in [2.45, 2.75) is 71.1 Å². The largest absolute Gasteiger partial charge is 0.460 e. The molecule has 228 valence electrons. The van der Waals surface area contributed by atoms with E-state index in [0.717, 1.165) is 0 Å². The topological polar surface area (TPSA) is 0 Å². The average Bonchev–Trinajstić information content (AvgIpc) is 2.64. The van der Waals surface area contributed by atoms with Gasteiger partial charge >= 0.3 is 71.1 Å². The van der Waals surface area contributed by atoms with E-state index in [1.807, 2.05) is 0 Å². The summed E-state index contributed by atoms with van der Waals surface area (Å²) < 4.78 is 323. The van der Waals surface area contributed by atoms with E-state index in [1.165, 1.54) is 9.24 Å². The van der Waals surface area contributed by atoms with Crippen LogP contribution >= 0.6 is 9.24 Å². The molecule has 0 N–H and O–H groups in total. The van der Waals surface area contributed by atoms with Crippen LogP contribution < -0.4 is 0 Å². The minimum Gasteiger partial charge on any atom is -0.194 e. The molecule has 0 saturated heterocycles. The molecule has 0 aliphatic heterocycles. The van der Waals surface area contributed by atoms with E-state index in [9.17, 15) is 110 Å². The third-order valence-electron chi connectivity index (χ3n) is 4.28. The van der Waals surface area contributed by atoms with Crippen molar-refractivity contribution >= 4 is 9.24 Å². The summed E-state index contributed by atoms with van der Waals surface area (Å²) in [4.78, 5) is 0. The van der Waals surface area contributed by atoms with Gasteiger partial charge in [-0.05, 0) is 0 Å². The van der Waals surface area contributed by atoms with Crippen molar-refractivity contribution in [3.63, 3.8) is 0 Å². The molecule has 0 fully saturated rings. The molecule has 0 nitrogen and oxygen atoms in total. The van der Waals surface area contributed by atoms with Crippen molar-refractivity contribution < 1.29 is 110 Å². The van der Waals surface area contributed by atoms with Gasteiger partial charge in [-0.15, -0.1) is 0 Å². The Hall–Kier alpha value is -1.32. The lowest BCUT2D eigenvalue weighted by molar-refractivity contribution is -0.480. The van der Waals surface area contributed by atoms with Crippen molar-refractivity contribution in [2.75, 3.05) is 0 Å². The molecule has 0 unspecified atom stereocenters. The summed E-state index contributed by atoms with van der Waals surface area (Å²) in [6.07, 6.45) is -8.16. The molecule has 0 heterocycles. The third-order valence-corrected chi connectivity index (χ3v) is 4.56. The lowest BCUT2D eigenvalue weighted by Gasteiger charge is -2.45. The average molecular weight is 650 g/mol. The normalized spacial score (nSPS) is 17.2. The van der Waals surface area contributed by atoms with Crippen LogP contribution in [0.15, 0.2) is 0 Å². The molecule has 0 aromatic rings. The van der Waals surface area contributed by atoms with E-state index in [4.69, 9.17) is 0 Å². The summed E-state index contributed by atoms with van der Waals surface area (Å²) in [6, 6.07) is 0. The van der Waals surface area contributed by atoms with E-state index < -0.39 is 71.1 Å². The van der Waals surface area contributed by atoms with Gasteiger partial charge < -0.3 is 0 Å². The maximum absolute atomic E-state index is 13.4. The highest BCUT2D eigenvalue weighted by Crippen LogP contribution is 2.68. The van der Waals surface area contributed by atoms with Crippen LogP contribution in [-0.4, -0.2) is 71.1 Å². The molecule has 0 saturated carbocycles. The molecule has 26 heteroatoms. The van der Waals surface area contributed by atoms with E-state index in [2.05, 4.69) is 0 Å². The zero-order chi connectivity index (χ0) is 32.0. The SMILES string of the molecule is FC(F)(F)C(F)(F)C(F)(F)C(F)(F)C(F)(F)C(F)(F)C(F)(F)C(F)(F)C(F)(F)C(F)(F)C(F)(F)C(F)(F)[P]. The van der Waals surface area contributed by atoms with Gasteiger partial charge in [0.15, 0.2) is 0 Å². The summed E-state index contributed by atoms with van der Waals surface area (Å²) in [5, 5.41) is 0. The number of rotatable bonds is 10. The fourth-order valence-electron chi connectivity index (χ4n) is 1.94. The van der Waals surface area contributed by atoms with Crippen LogP contribution in [0.4, 0.5) is 110 Å². The van der Waals surface area contributed by atoms with Gasteiger partial charge in [-0.1, -0.05) is 0 Å². The molecule has 0 aromatic heterocycles. The number of halogens is 25. The summed E-state index contributed by atoms with van der Waals surface area (Å²) in [6.45, 7) is 0. The van der Waals surface area contributed by atoms with Crippen LogP contribution in [0.3, 0.4) is 0 Å². The van der Waals surface area contributed by atoms with Crippen molar-refractivity contribution in [1.82, 2.24) is 0 Å². The van der Waals surface area contributed by atoms with Crippen LogP contribution in [0, 0.1) is 0 Å². The van der Waals surface area contributed by atoms with E-state index in [1.54, 1.807) is 0 Å². The maximum Gasteiger partial charge on any atom is 0.460 e. The highest BCUT2D eigenvalue weighted by Gasteiger charge is 2.99. The van der Waals surface area contributed by atoms with Gasteiger partial charge in [-0.25, -0.2) is 0 Å². The van der Waals surface area contributed by atoms with Gasteiger partial charge in [0.25, 0.3) is 0 Å². The van der Waals surface area contributed by atoms with Crippen molar-refractivity contribution in [3.05, 3.63) is 0 Å². The minimum absolute atomic E-state index is 1.21. The molecule has 38 heavy (non-hydrogen) atoms. The Labute approximate surface area is 191 Å². The summed E-state index contributed by atoms with van der Waals surface area (Å²) in [5.74, 6) is -91.3. The van der Waals surface area contributed by atoms with E-state index in [0.29, 0.717) is 0 Å². The smallest absolute Gasteiger partial charge is 0.194 e. The quantitative estimate of drug-likeness (QED) is 0.164. The Kier molecular flexibility index (Phi) is 8.29. The third kappa shape index (κ3) is 4.12. The minimum atomic E-state index is -9.57. The van der Waals surface area contributed by atoms with Crippen molar-refractivity contribution in [1.29, 1.82) is 0 Å².